The molecule has 2 aromatic carbocycles. The van der Waals surface area contributed by atoms with E-state index >= 15 is 0 Å². The molecule has 6 rings (SSSR count). The van der Waals surface area contributed by atoms with Crippen LogP contribution < -0.4 is 20.7 Å². The number of piperazine rings is 1. The van der Waals surface area contributed by atoms with Gasteiger partial charge in [-0.25, -0.2) is 14.8 Å². The number of ether oxygens (including phenoxy) is 1. The fraction of sp³-hybridized carbons (Fsp3) is 0.333. The minimum Gasteiger partial charge on any atom is -0.435 e. The maximum Gasteiger partial charge on any atom is 0.387 e. The number of imidazole rings is 1. The van der Waals surface area contributed by atoms with Gasteiger partial charge in [-0.2, -0.15) is 8.78 Å². The van der Waals surface area contributed by atoms with Crippen LogP contribution in [0.4, 0.5) is 25.1 Å². The molecule has 0 radical (unpaired) electrons. The van der Waals surface area contributed by atoms with Gasteiger partial charge in [0.05, 0.1) is 11.9 Å². The molecular formula is C30H32F2N8O3. The summed E-state index contributed by atoms with van der Waals surface area (Å²) in [5, 5.41) is 9.49. The number of hydrogen-bond donors (Lipinski definition) is 3. The lowest BCUT2D eigenvalue weighted by Gasteiger charge is -2.35. The molecular weight excluding hydrogens is 558 g/mol. The number of nitrogens with one attached hydrogen (secondary N) is 3. The molecule has 13 heteroatoms. The summed E-state index contributed by atoms with van der Waals surface area (Å²) in [4.78, 5) is 38.3. The van der Waals surface area contributed by atoms with E-state index in [0.717, 1.165) is 35.6 Å². The van der Waals surface area contributed by atoms with Gasteiger partial charge in [0, 0.05) is 80.9 Å². The molecule has 2 aromatic heterocycles. The predicted octanol–water partition coefficient (Wildman–Crippen LogP) is 3.74. The van der Waals surface area contributed by atoms with Gasteiger partial charge in [-0.1, -0.05) is 0 Å². The van der Waals surface area contributed by atoms with Gasteiger partial charge in [0.15, 0.2) is 11.5 Å². The molecule has 0 unspecified atom stereocenters. The average Bonchev–Trinajstić information content (AvgIpc) is 3.41. The summed E-state index contributed by atoms with van der Waals surface area (Å²) in [5.41, 5.74) is 4.28. The molecule has 11 nitrogen and oxygen atoms in total. The molecule has 3 amide bonds. The molecule has 2 aliphatic heterocycles. The van der Waals surface area contributed by atoms with Gasteiger partial charge in [0.2, 0.25) is 0 Å². The number of carbonyl (C=O) groups excluding carboxylic acids is 2. The molecule has 2 saturated heterocycles. The molecule has 2 aliphatic rings. The zero-order chi connectivity index (χ0) is 29.9. The van der Waals surface area contributed by atoms with E-state index in [-0.39, 0.29) is 17.7 Å². The van der Waals surface area contributed by atoms with Crippen LogP contribution in [0, 0.1) is 12.8 Å². The highest BCUT2D eigenvalue weighted by Gasteiger charge is 2.26. The van der Waals surface area contributed by atoms with Crippen LogP contribution in [0.1, 0.15) is 15.9 Å². The van der Waals surface area contributed by atoms with Crippen LogP contribution in [0.2, 0.25) is 0 Å². The molecule has 43 heavy (non-hydrogen) atoms. The summed E-state index contributed by atoms with van der Waals surface area (Å²) in [5.74, 6) is 1.03. The van der Waals surface area contributed by atoms with Gasteiger partial charge < -0.3 is 30.5 Å². The third kappa shape index (κ3) is 6.21. The summed E-state index contributed by atoms with van der Waals surface area (Å²) >= 11 is 0. The molecule has 0 saturated carbocycles. The quantitative estimate of drug-likeness (QED) is 0.286. The number of urea groups is 1. The topological polar surface area (TPSA) is 116 Å². The number of hydrogen-bond acceptors (Lipinski definition) is 7. The van der Waals surface area contributed by atoms with Crippen molar-refractivity contribution in [1.82, 2.24) is 34.8 Å². The summed E-state index contributed by atoms with van der Waals surface area (Å²) < 4.78 is 31.3. The number of halogens is 2. The van der Waals surface area contributed by atoms with Crippen molar-refractivity contribution in [3.8, 4) is 17.0 Å². The Labute approximate surface area is 246 Å². The number of benzene rings is 2. The van der Waals surface area contributed by atoms with Crippen LogP contribution in [0.25, 0.3) is 16.9 Å². The third-order valence-electron chi connectivity index (χ3n) is 7.78. The maximum atomic E-state index is 13.3. The second-order valence-electron chi connectivity index (χ2n) is 10.7. The molecule has 224 valence electrons. The summed E-state index contributed by atoms with van der Waals surface area (Å²) in [6.07, 6.45) is 5.10. The normalized spacial score (nSPS) is 15.4. The monoisotopic (exact) mass is 590 g/mol. The van der Waals surface area contributed by atoms with Crippen LogP contribution in [0.3, 0.4) is 0 Å². The van der Waals surface area contributed by atoms with E-state index in [0.29, 0.717) is 55.7 Å². The molecule has 2 fully saturated rings. The number of anilines is 2. The van der Waals surface area contributed by atoms with E-state index in [4.69, 9.17) is 0 Å². The lowest BCUT2D eigenvalue weighted by Crippen LogP contribution is -2.55. The van der Waals surface area contributed by atoms with E-state index in [1.165, 1.54) is 12.1 Å². The standard InChI is InChI=1S/C30H32F2N8O3/c1-19-14-22(4-7-24(19)28(41)38-10-12-39(13-11-38)30(42)36-17-20-15-33-16-20)37-26-27-35-18-25(40(27)9-8-34-26)21-2-5-23(6-3-21)43-29(31)32/h2-9,14,18,20,29,33H,10-13,15-17H2,1H3,(H,34,37)(H,36,42). The zero-order valence-corrected chi connectivity index (χ0v) is 23.6. The fourth-order valence-corrected chi connectivity index (χ4v) is 5.27. The first-order chi connectivity index (χ1) is 20.9. The molecule has 0 atom stereocenters. The van der Waals surface area contributed by atoms with Crippen LogP contribution in [-0.2, 0) is 0 Å². The molecule has 0 bridgehead atoms. The third-order valence-corrected chi connectivity index (χ3v) is 7.78. The van der Waals surface area contributed by atoms with Crippen molar-refractivity contribution in [2.45, 2.75) is 13.5 Å². The SMILES string of the molecule is Cc1cc(Nc2nccn3c(-c4ccc(OC(F)F)cc4)cnc23)ccc1C(=O)N1CCN(C(=O)NCC2CNC2)CC1. The summed E-state index contributed by atoms with van der Waals surface area (Å²) in [6.45, 7) is 3.50. The van der Waals surface area contributed by atoms with E-state index in [9.17, 15) is 18.4 Å². The Balaban J connectivity index is 1.10. The molecule has 4 heterocycles. The zero-order valence-electron chi connectivity index (χ0n) is 23.6. The largest absolute Gasteiger partial charge is 0.435 e. The minimum atomic E-state index is -2.88. The summed E-state index contributed by atoms with van der Waals surface area (Å²) in [6, 6.07) is 11.8. The maximum absolute atomic E-state index is 13.3. The average molecular weight is 591 g/mol. The number of aromatic nitrogens is 3. The van der Waals surface area contributed by atoms with Crippen molar-refractivity contribution in [2.24, 2.45) is 5.92 Å². The van der Waals surface area contributed by atoms with Crippen LogP contribution >= 0.6 is 0 Å². The summed E-state index contributed by atoms with van der Waals surface area (Å²) in [7, 11) is 0. The number of nitrogens with zero attached hydrogens (tertiary/aromatic N) is 5. The van der Waals surface area contributed by atoms with Crippen LogP contribution in [0.15, 0.2) is 61.1 Å². The Hall–Kier alpha value is -4.78. The highest BCUT2D eigenvalue weighted by Crippen LogP contribution is 2.28. The van der Waals surface area contributed by atoms with E-state index in [1.807, 2.05) is 23.5 Å². The molecule has 0 aliphatic carbocycles. The molecule has 3 N–H and O–H groups in total. The van der Waals surface area contributed by atoms with Crippen molar-refractivity contribution >= 4 is 29.1 Å². The van der Waals surface area contributed by atoms with Gasteiger partial charge in [0.25, 0.3) is 5.91 Å². The Morgan fingerprint density at radius 2 is 1.79 bits per heavy atom. The smallest absolute Gasteiger partial charge is 0.387 e. The van der Waals surface area contributed by atoms with Gasteiger partial charge >= 0.3 is 12.6 Å². The Morgan fingerprint density at radius 1 is 1.05 bits per heavy atom. The first kappa shape index (κ1) is 28.3. The van der Waals surface area contributed by atoms with E-state index < -0.39 is 6.61 Å². The van der Waals surface area contributed by atoms with Gasteiger partial charge in [0.1, 0.15) is 5.75 Å². The second kappa shape index (κ2) is 12.2. The van der Waals surface area contributed by atoms with Crippen molar-refractivity contribution in [2.75, 3.05) is 51.1 Å². The first-order valence-corrected chi connectivity index (χ1v) is 14.1. The first-order valence-electron chi connectivity index (χ1n) is 14.1. The van der Waals surface area contributed by atoms with Crippen molar-refractivity contribution in [1.29, 1.82) is 0 Å². The van der Waals surface area contributed by atoms with E-state index in [1.54, 1.807) is 46.6 Å². The number of fused-ring (bicyclic) bond motifs is 1. The fourth-order valence-electron chi connectivity index (χ4n) is 5.27. The number of carbonyl (C=O) groups is 2. The molecule has 4 aromatic rings. The minimum absolute atomic E-state index is 0.0623. The van der Waals surface area contributed by atoms with Crippen molar-refractivity contribution in [3.63, 3.8) is 0 Å². The van der Waals surface area contributed by atoms with Crippen molar-refractivity contribution in [3.05, 3.63) is 72.2 Å². The lowest BCUT2D eigenvalue weighted by molar-refractivity contribution is -0.0498. The van der Waals surface area contributed by atoms with Gasteiger partial charge in [-0.3, -0.25) is 9.20 Å². The number of amides is 3. The Bertz CT molecular complexity index is 1620. The number of aryl methyl sites for hydroxylation is 1. The number of rotatable bonds is 8. The molecule has 0 spiro atoms. The lowest BCUT2D eigenvalue weighted by atomic mass is 10.0. The number of alkyl halides is 2. The predicted molar refractivity (Wildman–Crippen MR) is 157 cm³/mol. The van der Waals surface area contributed by atoms with Crippen LogP contribution in [-0.4, -0.2) is 88.5 Å². The van der Waals surface area contributed by atoms with Crippen LogP contribution in [0.5, 0.6) is 5.75 Å². The van der Waals surface area contributed by atoms with Gasteiger partial charge in [-0.15, -0.1) is 0 Å². The highest BCUT2D eigenvalue weighted by atomic mass is 19.3. The Kier molecular flexibility index (Phi) is 8.05. The highest BCUT2D eigenvalue weighted by molar-refractivity contribution is 5.96. The second-order valence-corrected chi connectivity index (χ2v) is 10.7. The van der Waals surface area contributed by atoms with Gasteiger partial charge in [-0.05, 0) is 55.0 Å². The Morgan fingerprint density at radius 3 is 2.47 bits per heavy atom. The van der Waals surface area contributed by atoms with Crippen molar-refractivity contribution < 1.29 is 23.1 Å². The van der Waals surface area contributed by atoms with E-state index in [2.05, 4.69) is 30.7 Å².